The van der Waals surface area contributed by atoms with E-state index in [9.17, 15) is 0 Å². The summed E-state index contributed by atoms with van der Waals surface area (Å²) in [5, 5.41) is 0. The van der Waals surface area contributed by atoms with Crippen LogP contribution in [-0.2, 0) is 8.84 Å². The third-order valence-corrected chi connectivity index (χ3v) is 3.86. The second kappa shape index (κ2) is 6.77. The molecular formula is C16H27I. The van der Waals surface area contributed by atoms with Crippen molar-refractivity contribution in [3.05, 3.63) is 35.4 Å². The molecule has 0 aromatic heterocycles. The lowest BCUT2D eigenvalue weighted by atomic mass is 9.81. The maximum absolute atomic E-state index is 2.48. The highest BCUT2D eigenvalue weighted by Crippen LogP contribution is 2.33. The molecule has 0 atom stereocenters. The summed E-state index contributed by atoms with van der Waals surface area (Å²) in [6.45, 7) is 15.3. The first-order valence-electron chi connectivity index (χ1n) is 6.57. The van der Waals surface area contributed by atoms with Crippen LogP contribution in [0.15, 0.2) is 24.3 Å². The van der Waals surface area contributed by atoms with Crippen LogP contribution in [0.4, 0.5) is 0 Å². The molecule has 0 fully saturated rings. The summed E-state index contributed by atoms with van der Waals surface area (Å²) < 4.78 is 0.229. The lowest BCUT2D eigenvalue weighted by molar-refractivity contribution is 0.506. The monoisotopic (exact) mass is 346 g/mol. The second-order valence-corrected chi connectivity index (χ2v) is 7.98. The number of benzene rings is 1. The predicted octanol–water partition coefficient (Wildman–Crippen LogP) is 6.07. The van der Waals surface area contributed by atoms with Crippen molar-refractivity contribution in [2.45, 2.75) is 63.7 Å². The lowest BCUT2D eigenvalue weighted by Gasteiger charge is -2.25. The van der Waals surface area contributed by atoms with Crippen molar-refractivity contribution in [2.75, 3.05) is 0 Å². The van der Waals surface area contributed by atoms with Gasteiger partial charge in [-0.3, -0.25) is 0 Å². The molecule has 1 aromatic rings. The molecule has 0 spiro atoms. The van der Waals surface area contributed by atoms with Gasteiger partial charge in [-0.15, -0.1) is 0 Å². The maximum Gasteiger partial charge on any atom is 0.0414 e. The molecule has 0 unspecified atom stereocenters. The fourth-order valence-electron chi connectivity index (χ4n) is 1.52. The molecular weight excluding hydrogens is 319 g/mol. The Morgan fingerprint density at radius 2 is 1.24 bits per heavy atom. The predicted molar refractivity (Wildman–Crippen MR) is 88.2 cm³/mol. The Morgan fingerprint density at radius 3 is 1.53 bits per heavy atom. The Kier molecular flexibility index (Phi) is 6.75. The van der Waals surface area contributed by atoms with E-state index in [-0.39, 0.29) is 3.42 Å². The minimum absolute atomic E-state index is 0.229. The van der Waals surface area contributed by atoms with Crippen LogP contribution >= 0.6 is 22.6 Å². The minimum atomic E-state index is 0.229. The molecule has 0 aliphatic heterocycles. The van der Waals surface area contributed by atoms with Crippen molar-refractivity contribution in [3.63, 3.8) is 0 Å². The van der Waals surface area contributed by atoms with Gasteiger partial charge in [0.2, 0.25) is 0 Å². The number of halogens is 1. The molecule has 1 aromatic carbocycles. The Labute approximate surface area is 121 Å². The van der Waals surface area contributed by atoms with Crippen LogP contribution in [0.5, 0.6) is 0 Å². The third-order valence-electron chi connectivity index (χ3n) is 3.24. The van der Waals surface area contributed by atoms with E-state index >= 15 is 0 Å². The van der Waals surface area contributed by atoms with Crippen LogP contribution in [0.3, 0.4) is 0 Å². The molecule has 0 aliphatic carbocycles. The van der Waals surface area contributed by atoms with Gasteiger partial charge in [0.1, 0.15) is 0 Å². The van der Waals surface area contributed by atoms with Gasteiger partial charge in [0.25, 0.3) is 0 Å². The quantitative estimate of drug-likeness (QED) is 0.460. The van der Waals surface area contributed by atoms with Crippen molar-refractivity contribution in [1.82, 2.24) is 0 Å². The molecule has 1 rings (SSSR count). The van der Waals surface area contributed by atoms with Crippen LogP contribution in [0.25, 0.3) is 0 Å². The second-order valence-electron chi connectivity index (χ2n) is 5.29. The fourth-order valence-corrected chi connectivity index (χ4v) is 1.88. The van der Waals surface area contributed by atoms with Gasteiger partial charge in [-0.2, -0.15) is 0 Å². The summed E-state index contributed by atoms with van der Waals surface area (Å²) in [5.41, 5.74) is 3.14. The first kappa shape index (κ1) is 16.9. The van der Waals surface area contributed by atoms with E-state index in [1.165, 1.54) is 17.5 Å². The standard InChI is InChI=1S/C14H21I.C2H6/c1-6-13(2,3)11-7-9-12(10-8-11)14(4,5)15;1-2/h7-10H,6H2,1-5H3;1-2H3. The summed E-state index contributed by atoms with van der Waals surface area (Å²) in [4.78, 5) is 0. The first-order chi connectivity index (χ1) is 7.77. The van der Waals surface area contributed by atoms with Crippen molar-refractivity contribution >= 4 is 22.6 Å². The van der Waals surface area contributed by atoms with Gasteiger partial charge in [-0.05, 0) is 36.8 Å². The third kappa shape index (κ3) is 4.99. The molecule has 0 saturated carbocycles. The minimum Gasteiger partial charge on any atom is -0.0743 e. The van der Waals surface area contributed by atoms with E-state index in [1.54, 1.807) is 0 Å². The van der Waals surface area contributed by atoms with E-state index in [0.717, 1.165) is 0 Å². The molecule has 0 amide bonds. The van der Waals surface area contributed by atoms with E-state index < -0.39 is 0 Å². The molecule has 0 saturated heterocycles. The first-order valence-corrected chi connectivity index (χ1v) is 7.65. The highest BCUT2D eigenvalue weighted by atomic mass is 127. The van der Waals surface area contributed by atoms with Gasteiger partial charge in [-0.1, -0.05) is 81.5 Å². The van der Waals surface area contributed by atoms with Crippen LogP contribution in [0.1, 0.15) is 66.0 Å². The highest BCUT2D eigenvalue weighted by Gasteiger charge is 2.20. The van der Waals surface area contributed by atoms with E-state index in [4.69, 9.17) is 0 Å². The molecule has 0 heterocycles. The SMILES string of the molecule is CC.CCC(C)(C)c1ccc(C(C)(C)I)cc1. The van der Waals surface area contributed by atoms with E-state index in [1.807, 2.05) is 13.8 Å². The number of alkyl halides is 1. The van der Waals surface area contributed by atoms with Crippen molar-refractivity contribution in [2.24, 2.45) is 0 Å². The summed E-state index contributed by atoms with van der Waals surface area (Å²) in [6, 6.07) is 9.08. The van der Waals surface area contributed by atoms with Crippen LogP contribution in [0, 0.1) is 0 Å². The van der Waals surface area contributed by atoms with Crippen LogP contribution < -0.4 is 0 Å². The average Bonchev–Trinajstić information content (AvgIpc) is 2.31. The van der Waals surface area contributed by atoms with Gasteiger partial charge < -0.3 is 0 Å². The Morgan fingerprint density at radius 1 is 0.882 bits per heavy atom. The molecule has 1 heteroatoms. The fraction of sp³-hybridized carbons (Fsp3) is 0.625. The summed E-state index contributed by atoms with van der Waals surface area (Å²) in [6.07, 6.45) is 1.18. The van der Waals surface area contributed by atoms with Gasteiger partial charge in [-0.25, -0.2) is 0 Å². The van der Waals surface area contributed by atoms with Gasteiger partial charge in [0.05, 0.1) is 0 Å². The molecule has 0 N–H and O–H groups in total. The van der Waals surface area contributed by atoms with Crippen molar-refractivity contribution in [3.8, 4) is 0 Å². The molecule has 98 valence electrons. The zero-order valence-electron chi connectivity index (χ0n) is 12.4. The summed E-state index contributed by atoms with van der Waals surface area (Å²) >= 11 is 2.48. The Balaban J connectivity index is 0.00000121. The molecule has 0 radical (unpaired) electrons. The summed E-state index contributed by atoms with van der Waals surface area (Å²) in [5.74, 6) is 0. The van der Waals surface area contributed by atoms with E-state index in [2.05, 4.69) is 81.5 Å². The Bertz CT molecular complexity index is 314. The number of hydrogen-bond donors (Lipinski definition) is 0. The topological polar surface area (TPSA) is 0 Å². The summed E-state index contributed by atoms with van der Waals surface area (Å²) in [7, 11) is 0. The van der Waals surface area contributed by atoms with Gasteiger partial charge >= 0.3 is 0 Å². The Hall–Kier alpha value is -0.0500. The molecule has 0 aliphatic rings. The van der Waals surface area contributed by atoms with Crippen LogP contribution in [-0.4, -0.2) is 0 Å². The molecule has 0 bridgehead atoms. The zero-order valence-corrected chi connectivity index (χ0v) is 14.6. The lowest BCUT2D eigenvalue weighted by Crippen LogP contribution is -2.16. The van der Waals surface area contributed by atoms with Gasteiger partial charge in [0.15, 0.2) is 0 Å². The highest BCUT2D eigenvalue weighted by molar-refractivity contribution is 14.1. The van der Waals surface area contributed by atoms with Gasteiger partial charge in [0, 0.05) is 3.42 Å². The smallest absolute Gasteiger partial charge is 0.0414 e. The molecule has 0 nitrogen and oxygen atoms in total. The largest absolute Gasteiger partial charge is 0.0743 e. The van der Waals surface area contributed by atoms with Crippen molar-refractivity contribution in [1.29, 1.82) is 0 Å². The van der Waals surface area contributed by atoms with Crippen LogP contribution in [0.2, 0.25) is 0 Å². The molecule has 17 heavy (non-hydrogen) atoms. The maximum atomic E-state index is 2.48. The normalized spacial score (nSPS) is 11.8. The van der Waals surface area contributed by atoms with E-state index in [0.29, 0.717) is 5.41 Å². The average molecular weight is 346 g/mol. The number of rotatable bonds is 3. The van der Waals surface area contributed by atoms with Crippen molar-refractivity contribution < 1.29 is 0 Å². The number of hydrogen-bond acceptors (Lipinski definition) is 0. The zero-order chi connectivity index (χ0) is 13.7.